The van der Waals surface area contributed by atoms with E-state index in [0.29, 0.717) is 10.2 Å². The van der Waals surface area contributed by atoms with Gasteiger partial charge >= 0.3 is 0 Å². The zero-order valence-electron chi connectivity index (χ0n) is 18.3. The monoisotopic (exact) mass is 390 g/mol. The maximum Gasteiger partial charge on any atom is 0.226 e. The van der Waals surface area contributed by atoms with Crippen molar-refractivity contribution < 1.29 is 19.8 Å². The van der Waals surface area contributed by atoms with Crippen molar-refractivity contribution in [2.75, 3.05) is 20.7 Å². The molecule has 1 unspecified atom stereocenters. The van der Waals surface area contributed by atoms with Gasteiger partial charge in [0.05, 0.1) is 24.9 Å². The van der Waals surface area contributed by atoms with Crippen LogP contribution < -0.4 is 20.1 Å². The Balaban J connectivity index is 3.19. The van der Waals surface area contributed by atoms with Crippen molar-refractivity contribution >= 4 is 21.8 Å². The molecule has 2 N–H and O–H groups in total. The average molecular weight is 391 g/mol. The van der Waals surface area contributed by atoms with Crippen LogP contribution in [0, 0.1) is 5.41 Å². The van der Waals surface area contributed by atoms with Crippen LogP contribution in [-0.2, 0) is 11.2 Å². The lowest BCUT2D eigenvalue weighted by Crippen LogP contribution is -2.47. The number of carbonyl (C=O) groups is 1. The van der Waals surface area contributed by atoms with Crippen LogP contribution in [0.3, 0.4) is 0 Å². The largest absolute Gasteiger partial charge is 0.496 e. The van der Waals surface area contributed by atoms with E-state index in [1.54, 1.807) is 27.7 Å². The Morgan fingerprint density at radius 2 is 1.91 bits per heavy atom. The van der Waals surface area contributed by atoms with E-state index in [1.165, 1.54) is 26.4 Å². The van der Waals surface area contributed by atoms with Gasteiger partial charge in [-0.1, -0.05) is 20.8 Å². The number of rotatable bonds is 7. The van der Waals surface area contributed by atoms with E-state index < -0.39 is 24.5 Å². The molecule has 0 bridgehead atoms. The third-order valence-corrected chi connectivity index (χ3v) is 3.61. The quantitative estimate of drug-likeness (QED) is 0.702. The van der Waals surface area contributed by atoms with Gasteiger partial charge in [0.15, 0.2) is 0 Å². The van der Waals surface area contributed by atoms with Crippen molar-refractivity contribution in [2.24, 2.45) is 5.41 Å². The van der Waals surface area contributed by atoms with Crippen LogP contribution in [0.25, 0.3) is 0 Å². The Hall–Kier alpha value is -1.27. The number of hydrogen-bond donors (Lipinski definition) is 2. The van der Waals surface area contributed by atoms with Crippen molar-refractivity contribution in [1.29, 1.82) is 0 Å². The van der Waals surface area contributed by atoms with E-state index in [9.17, 15) is 4.79 Å². The van der Waals surface area contributed by atoms with E-state index in [0.717, 1.165) is 0 Å². The third-order valence-electron chi connectivity index (χ3n) is 2.99. The van der Waals surface area contributed by atoms with Gasteiger partial charge in [-0.2, -0.15) is 0 Å². The number of halogens is 1. The Kier molecular flexibility index (Phi) is 5.24. The number of aryl methyl sites for hydroxylation is 1. The normalized spacial score (nSPS) is 16.5. The minimum absolute atomic E-state index is 0.0168. The van der Waals surface area contributed by atoms with E-state index in [4.69, 9.17) is 15.0 Å². The highest BCUT2D eigenvalue weighted by Crippen LogP contribution is 2.32. The van der Waals surface area contributed by atoms with E-state index in [1.807, 2.05) is 0 Å². The summed E-state index contributed by atoms with van der Waals surface area (Å²) in [7, 11) is 2.81. The van der Waals surface area contributed by atoms with E-state index in [-0.39, 0.29) is 17.2 Å². The molecule has 0 aliphatic carbocycles. The Labute approximate surface area is 152 Å². The molecule has 0 spiro atoms. The number of carbonyl (C=O) groups excluding carboxylic acids is 1. The van der Waals surface area contributed by atoms with Crippen molar-refractivity contribution in [3.63, 3.8) is 0 Å². The number of amides is 1. The molecular formula is C17H27BrN2O3. The first-order chi connectivity index (χ1) is 12.2. The summed E-state index contributed by atoms with van der Waals surface area (Å²) in [5.41, 5.74) is -0.666. The lowest BCUT2D eigenvalue weighted by molar-refractivity contribution is -0.129. The summed E-state index contributed by atoms with van der Waals surface area (Å²) in [4.78, 5) is 12.1. The van der Waals surface area contributed by atoms with Crippen molar-refractivity contribution in [3.8, 4) is 11.5 Å². The minimum atomic E-state index is -2.52. The molecule has 130 valence electrons. The van der Waals surface area contributed by atoms with Crippen LogP contribution in [0.4, 0.5) is 0 Å². The first-order valence-electron chi connectivity index (χ1n) is 9.18. The number of ether oxygens (including phenoxy) is 2. The zero-order valence-corrected chi connectivity index (χ0v) is 15.9. The topological polar surface area (TPSA) is 59.6 Å². The SMILES string of the molecule is [2H]C([2H])(NC(C)NC(=O)C(C)(C)C)C([2H])([2H])c1cc(OC)c(Br)cc1OC. The van der Waals surface area contributed by atoms with E-state index in [2.05, 4.69) is 26.6 Å². The molecule has 1 rings (SSSR count). The molecule has 0 aliphatic heterocycles. The summed E-state index contributed by atoms with van der Waals surface area (Å²) in [5, 5.41) is 5.16. The molecule has 1 aromatic carbocycles. The van der Waals surface area contributed by atoms with Crippen LogP contribution in [0.15, 0.2) is 16.6 Å². The van der Waals surface area contributed by atoms with Gasteiger partial charge in [0, 0.05) is 17.4 Å². The number of benzene rings is 1. The van der Waals surface area contributed by atoms with Crippen molar-refractivity contribution in [1.82, 2.24) is 10.6 Å². The molecule has 0 saturated carbocycles. The molecule has 0 heterocycles. The summed E-state index contributed by atoms with van der Waals surface area (Å²) in [6, 6.07) is 2.91. The van der Waals surface area contributed by atoms with Gasteiger partial charge in [-0.15, -0.1) is 0 Å². The standard InChI is InChI=1S/C17H27BrN2O3/c1-11(20-16(21)17(2,3)4)19-8-7-12-9-15(23-6)13(18)10-14(12)22-5/h9-11,19H,7-8H2,1-6H3,(H,20,21)/i7D2,8D2. The molecule has 0 fully saturated rings. The molecule has 1 amide bonds. The number of hydrogen-bond acceptors (Lipinski definition) is 4. The molecule has 23 heavy (non-hydrogen) atoms. The van der Waals surface area contributed by atoms with Gasteiger partial charge in [0.1, 0.15) is 11.5 Å². The fraction of sp³-hybridized carbons (Fsp3) is 0.588. The van der Waals surface area contributed by atoms with Gasteiger partial charge in [0.25, 0.3) is 0 Å². The maximum atomic E-state index is 12.1. The van der Waals surface area contributed by atoms with Gasteiger partial charge < -0.3 is 14.8 Å². The minimum Gasteiger partial charge on any atom is -0.496 e. The van der Waals surface area contributed by atoms with Crippen molar-refractivity contribution in [3.05, 3.63) is 22.2 Å². The maximum absolute atomic E-state index is 12.1. The lowest BCUT2D eigenvalue weighted by Gasteiger charge is -2.22. The predicted octanol–water partition coefficient (Wildman–Crippen LogP) is 3.11. The lowest BCUT2D eigenvalue weighted by atomic mass is 9.95. The van der Waals surface area contributed by atoms with Gasteiger partial charge in [-0.3, -0.25) is 10.1 Å². The van der Waals surface area contributed by atoms with Crippen LogP contribution in [0.1, 0.15) is 38.7 Å². The summed E-state index contributed by atoms with van der Waals surface area (Å²) in [5.74, 6) is 0.242. The summed E-state index contributed by atoms with van der Waals surface area (Å²) >= 11 is 3.30. The smallest absolute Gasteiger partial charge is 0.226 e. The van der Waals surface area contributed by atoms with Crippen LogP contribution >= 0.6 is 15.9 Å². The second-order valence-corrected chi connectivity index (χ2v) is 6.88. The Morgan fingerprint density at radius 1 is 1.30 bits per heavy atom. The molecule has 0 aromatic heterocycles. The number of nitrogens with one attached hydrogen (secondary N) is 2. The average Bonchev–Trinajstić information content (AvgIpc) is 2.52. The van der Waals surface area contributed by atoms with Crippen LogP contribution in [0.5, 0.6) is 11.5 Å². The second kappa shape index (κ2) is 8.55. The first kappa shape index (κ1) is 14.1. The Bertz CT molecular complexity index is 693. The summed E-state index contributed by atoms with van der Waals surface area (Å²) in [6.45, 7) is 4.24. The Morgan fingerprint density at radius 3 is 2.43 bits per heavy atom. The predicted molar refractivity (Wildman–Crippen MR) is 96.0 cm³/mol. The molecule has 0 aliphatic rings. The molecule has 5 nitrogen and oxygen atoms in total. The first-order valence-corrected chi connectivity index (χ1v) is 7.97. The van der Waals surface area contributed by atoms with E-state index >= 15 is 0 Å². The van der Waals surface area contributed by atoms with Crippen molar-refractivity contribution in [2.45, 2.75) is 40.2 Å². The highest BCUT2D eigenvalue weighted by atomic mass is 79.9. The van der Waals surface area contributed by atoms with Crippen LogP contribution in [-0.4, -0.2) is 32.8 Å². The highest BCUT2D eigenvalue weighted by Gasteiger charge is 2.22. The molecule has 0 radical (unpaired) electrons. The third kappa shape index (κ3) is 6.03. The van der Waals surface area contributed by atoms with Gasteiger partial charge in [-0.05, 0) is 46.9 Å². The molecule has 1 aromatic rings. The van der Waals surface area contributed by atoms with Gasteiger partial charge in [-0.25, -0.2) is 0 Å². The molecule has 1 atom stereocenters. The highest BCUT2D eigenvalue weighted by molar-refractivity contribution is 9.10. The molecule has 0 saturated heterocycles. The second-order valence-electron chi connectivity index (χ2n) is 6.03. The molecular weight excluding hydrogens is 360 g/mol. The zero-order chi connectivity index (χ0) is 21.2. The number of methoxy groups -OCH3 is 2. The van der Waals surface area contributed by atoms with Gasteiger partial charge in [0.2, 0.25) is 5.91 Å². The summed E-state index contributed by atoms with van der Waals surface area (Å²) < 4.78 is 44.4. The molecule has 6 heteroatoms. The fourth-order valence-corrected chi connectivity index (χ4v) is 2.10. The van der Waals surface area contributed by atoms with Crippen LogP contribution in [0.2, 0.25) is 0 Å². The fourth-order valence-electron chi connectivity index (χ4n) is 1.62. The summed E-state index contributed by atoms with van der Waals surface area (Å²) in [6.07, 6.45) is -3.29.